The molecule has 9 nitrogen and oxygen atoms in total. The Morgan fingerprint density at radius 2 is 1.32 bits per heavy atom. The van der Waals surface area contributed by atoms with Crippen LogP contribution in [0, 0.1) is 5.92 Å². The van der Waals surface area contributed by atoms with Crippen LogP contribution in [0.25, 0.3) is 0 Å². The number of hydrogen-bond donors (Lipinski definition) is 5. The maximum absolute atomic E-state index is 13.0. The van der Waals surface area contributed by atoms with Crippen molar-refractivity contribution in [1.82, 2.24) is 10.6 Å². The quantitative estimate of drug-likeness (QED) is 0.283. The van der Waals surface area contributed by atoms with Crippen molar-refractivity contribution in [3.8, 4) is 11.5 Å². The van der Waals surface area contributed by atoms with E-state index in [0.29, 0.717) is 11.5 Å². The molecule has 0 radical (unpaired) electrons. The van der Waals surface area contributed by atoms with Crippen LogP contribution < -0.4 is 25.8 Å². The molecule has 0 aliphatic carbocycles. The topological polar surface area (TPSA) is 143 Å². The number of nitrogens with two attached hydrogens (primary N) is 1. The number of hydrogen-bond acceptors (Lipinski definition) is 7. The van der Waals surface area contributed by atoms with E-state index in [1.807, 2.05) is 12.1 Å². The zero-order valence-electron chi connectivity index (χ0n) is 20.0. The number of amides is 2. The van der Waals surface area contributed by atoms with Gasteiger partial charge in [-0.05, 0) is 54.2 Å². The minimum absolute atomic E-state index is 0.184. The number of carbonyl (C=O) groups is 2. The molecule has 0 aromatic heterocycles. The molecule has 2 aromatic rings. The van der Waals surface area contributed by atoms with Crippen LogP contribution in [0.3, 0.4) is 0 Å². The number of carbonyl (C=O) groups excluding carboxylic acids is 2. The molecule has 0 fully saturated rings. The Morgan fingerprint density at radius 3 is 1.74 bits per heavy atom. The summed E-state index contributed by atoms with van der Waals surface area (Å²) in [5.41, 5.74) is 7.72. The van der Waals surface area contributed by atoms with E-state index >= 15 is 0 Å². The summed E-state index contributed by atoms with van der Waals surface area (Å²) in [7, 11) is 1.34. The van der Waals surface area contributed by atoms with Crippen LogP contribution in [-0.4, -0.2) is 61.2 Å². The van der Waals surface area contributed by atoms with E-state index in [2.05, 4.69) is 10.6 Å². The van der Waals surface area contributed by atoms with Gasteiger partial charge in [0.1, 0.15) is 17.5 Å². The maximum Gasteiger partial charge on any atom is 0.475 e. The highest BCUT2D eigenvalue weighted by atomic mass is 16.5. The Morgan fingerprint density at radius 1 is 0.853 bits per heavy atom. The molecule has 0 saturated carbocycles. The molecule has 0 heterocycles. The van der Waals surface area contributed by atoms with Crippen molar-refractivity contribution in [2.24, 2.45) is 11.7 Å². The number of ether oxygens (including phenoxy) is 2. The van der Waals surface area contributed by atoms with Crippen LogP contribution in [0.5, 0.6) is 11.5 Å². The molecular weight excluding hydrogens is 437 g/mol. The van der Waals surface area contributed by atoms with E-state index in [9.17, 15) is 19.6 Å². The Kier molecular flexibility index (Phi) is 10.4. The van der Waals surface area contributed by atoms with Crippen LogP contribution in [-0.2, 0) is 22.4 Å². The largest absolute Gasteiger partial charge is 0.497 e. The second-order valence-electron chi connectivity index (χ2n) is 8.47. The van der Waals surface area contributed by atoms with Crippen molar-refractivity contribution in [1.29, 1.82) is 0 Å². The molecule has 6 N–H and O–H groups in total. The smallest absolute Gasteiger partial charge is 0.475 e. The Balaban J connectivity index is 2.01. The van der Waals surface area contributed by atoms with Crippen LogP contribution in [0.4, 0.5) is 0 Å². The second kappa shape index (κ2) is 13.0. The molecular formula is C24H34BN3O6. The van der Waals surface area contributed by atoms with Crippen LogP contribution in [0.2, 0.25) is 0 Å². The standard InChI is InChI=1S/C24H34BN3O6/c1-15(2)22(28-23(29)20(26)13-16-5-9-18(33-3)10-6-16)24(30)27-21(25(31)32)14-17-7-11-19(34-4)12-8-17/h5-12,15,20-22,31-32H,13-14,26H2,1-4H3,(H,27,30)(H,28,29)/t20-,21-,22-/m0/s1. The highest BCUT2D eigenvalue weighted by Crippen LogP contribution is 2.14. The zero-order valence-corrected chi connectivity index (χ0v) is 20.0. The summed E-state index contributed by atoms with van der Waals surface area (Å²) in [5, 5.41) is 25.0. The fourth-order valence-corrected chi connectivity index (χ4v) is 3.42. The minimum atomic E-state index is -1.79. The molecule has 0 spiro atoms. The van der Waals surface area contributed by atoms with Gasteiger partial charge in [0.15, 0.2) is 0 Å². The SMILES string of the molecule is COc1ccc(C[C@H](NC(=O)[C@@H](NC(=O)[C@@H](N)Cc2ccc(OC)cc2)C(C)C)B(O)O)cc1. The highest BCUT2D eigenvalue weighted by molar-refractivity contribution is 6.43. The summed E-state index contributed by atoms with van der Waals surface area (Å²) in [6.45, 7) is 3.57. The lowest BCUT2D eigenvalue weighted by atomic mass is 9.75. The summed E-state index contributed by atoms with van der Waals surface area (Å²) in [6.07, 6.45) is 0.473. The Labute approximate surface area is 200 Å². The van der Waals surface area contributed by atoms with E-state index in [4.69, 9.17) is 15.2 Å². The second-order valence-corrected chi connectivity index (χ2v) is 8.47. The van der Waals surface area contributed by atoms with Gasteiger partial charge >= 0.3 is 7.12 Å². The Hall–Kier alpha value is -3.08. The lowest BCUT2D eigenvalue weighted by molar-refractivity contribution is -0.130. The van der Waals surface area contributed by atoms with E-state index < -0.39 is 37.0 Å². The molecule has 184 valence electrons. The van der Waals surface area contributed by atoms with Gasteiger partial charge in [0, 0.05) is 0 Å². The summed E-state index contributed by atoms with van der Waals surface area (Å²) in [5.74, 6) is -0.842. The third kappa shape index (κ3) is 8.05. The summed E-state index contributed by atoms with van der Waals surface area (Å²) < 4.78 is 10.3. The summed E-state index contributed by atoms with van der Waals surface area (Å²) in [6, 6.07) is 12.5. The van der Waals surface area contributed by atoms with Gasteiger partial charge < -0.3 is 35.9 Å². The third-order valence-electron chi connectivity index (χ3n) is 5.50. The maximum atomic E-state index is 13.0. The molecule has 0 aliphatic rings. The van der Waals surface area contributed by atoms with Gasteiger partial charge in [0.25, 0.3) is 0 Å². The molecule has 0 unspecified atom stereocenters. The van der Waals surface area contributed by atoms with Gasteiger partial charge in [-0.2, -0.15) is 0 Å². The molecule has 0 bridgehead atoms. The molecule has 3 atom stereocenters. The molecule has 2 aromatic carbocycles. The van der Waals surface area contributed by atoms with Crippen molar-refractivity contribution in [2.45, 2.75) is 44.7 Å². The lowest BCUT2D eigenvalue weighted by Gasteiger charge is -2.26. The fourth-order valence-electron chi connectivity index (χ4n) is 3.42. The van der Waals surface area contributed by atoms with Gasteiger partial charge in [-0.3, -0.25) is 9.59 Å². The molecule has 34 heavy (non-hydrogen) atoms. The van der Waals surface area contributed by atoms with E-state index in [0.717, 1.165) is 11.1 Å². The summed E-state index contributed by atoms with van der Waals surface area (Å²) >= 11 is 0. The number of rotatable bonds is 12. The zero-order chi connectivity index (χ0) is 25.3. The van der Waals surface area contributed by atoms with Crippen molar-refractivity contribution in [3.63, 3.8) is 0 Å². The number of methoxy groups -OCH3 is 2. The first kappa shape index (κ1) is 27.2. The molecule has 2 rings (SSSR count). The van der Waals surface area contributed by atoms with Gasteiger partial charge in [0.2, 0.25) is 11.8 Å². The van der Waals surface area contributed by atoms with Gasteiger partial charge in [-0.15, -0.1) is 0 Å². The Bertz CT molecular complexity index is 921. The lowest BCUT2D eigenvalue weighted by Crippen LogP contribution is -2.58. The van der Waals surface area contributed by atoms with Crippen LogP contribution in [0.15, 0.2) is 48.5 Å². The van der Waals surface area contributed by atoms with Gasteiger partial charge in [-0.25, -0.2) is 0 Å². The third-order valence-corrected chi connectivity index (χ3v) is 5.50. The van der Waals surface area contributed by atoms with Gasteiger partial charge in [0.05, 0.1) is 26.2 Å². The normalized spacial score (nSPS) is 13.5. The molecule has 0 aliphatic heterocycles. The van der Waals surface area contributed by atoms with Crippen LogP contribution in [0.1, 0.15) is 25.0 Å². The van der Waals surface area contributed by atoms with E-state index in [1.165, 1.54) is 0 Å². The average Bonchev–Trinajstić information content (AvgIpc) is 2.82. The van der Waals surface area contributed by atoms with Crippen molar-refractivity contribution >= 4 is 18.9 Å². The van der Waals surface area contributed by atoms with E-state index in [-0.39, 0.29) is 18.8 Å². The van der Waals surface area contributed by atoms with Crippen molar-refractivity contribution < 1.29 is 29.1 Å². The molecule has 10 heteroatoms. The first-order valence-electron chi connectivity index (χ1n) is 11.1. The minimum Gasteiger partial charge on any atom is -0.497 e. The summed E-state index contributed by atoms with van der Waals surface area (Å²) in [4.78, 5) is 25.7. The van der Waals surface area contributed by atoms with Gasteiger partial charge in [-0.1, -0.05) is 38.1 Å². The van der Waals surface area contributed by atoms with Crippen LogP contribution >= 0.6 is 0 Å². The number of nitrogens with one attached hydrogen (secondary N) is 2. The van der Waals surface area contributed by atoms with E-state index in [1.54, 1.807) is 64.5 Å². The molecule has 2 amide bonds. The number of benzene rings is 2. The molecule has 0 saturated heterocycles. The first-order chi connectivity index (χ1) is 16.1. The monoisotopic (exact) mass is 471 g/mol. The highest BCUT2D eigenvalue weighted by Gasteiger charge is 2.32. The fraction of sp³-hybridized carbons (Fsp3) is 0.417. The van der Waals surface area contributed by atoms with Crippen molar-refractivity contribution in [2.75, 3.05) is 14.2 Å². The first-order valence-corrected chi connectivity index (χ1v) is 11.1. The predicted octanol–water partition coefficient (Wildman–Crippen LogP) is 0.454. The predicted molar refractivity (Wildman–Crippen MR) is 130 cm³/mol. The average molecular weight is 471 g/mol. The van der Waals surface area contributed by atoms with Crippen molar-refractivity contribution in [3.05, 3.63) is 59.7 Å².